The molecule has 0 atom stereocenters. The van der Waals surface area contributed by atoms with E-state index in [0.29, 0.717) is 28.4 Å². The molecule has 4 rings (SSSR count). The molecule has 1 aliphatic rings. The fourth-order valence-electron chi connectivity index (χ4n) is 3.91. The third-order valence-electron chi connectivity index (χ3n) is 5.50. The molecule has 0 bridgehead atoms. The summed E-state index contributed by atoms with van der Waals surface area (Å²) < 4.78 is 25.8. The SMILES string of the molecule is COc1ccc(OC)c(NC(=O)c2cnn(-c3ccc(F)cc3)c2C2CCNCC2)c1. The molecular formula is C23H25FN4O3. The van der Waals surface area contributed by atoms with Gasteiger partial charge in [-0.25, -0.2) is 9.07 Å². The summed E-state index contributed by atoms with van der Waals surface area (Å²) >= 11 is 0. The first kappa shape index (κ1) is 20.9. The fraction of sp³-hybridized carbons (Fsp3) is 0.304. The minimum Gasteiger partial charge on any atom is -0.497 e. The van der Waals surface area contributed by atoms with Crippen LogP contribution in [0.2, 0.25) is 0 Å². The van der Waals surface area contributed by atoms with Crippen LogP contribution in [0.4, 0.5) is 10.1 Å². The number of aromatic nitrogens is 2. The van der Waals surface area contributed by atoms with Gasteiger partial charge in [0.05, 0.1) is 43.0 Å². The topological polar surface area (TPSA) is 77.4 Å². The van der Waals surface area contributed by atoms with E-state index in [-0.39, 0.29) is 17.6 Å². The van der Waals surface area contributed by atoms with Crippen LogP contribution in [0.15, 0.2) is 48.7 Å². The predicted octanol–water partition coefficient (Wildman–Crippen LogP) is 3.75. The zero-order valence-electron chi connectivity index (χ0n) is 17.5. The van der Waals surface area contributed by atoms with Crippen LogP contribution < -0.4 is 20.1 Å². The lowest BCUT2D eigenvalue weighted by molar-refractivity contribution is 0.102. The van der Waals surface area contributed by atoms with Crippen LogP contribution in [-0.4, -0.2) is 43.0 Å². The largest absolute Gasteiger partial charge is 0.497 e. The number of benzene rings is 2. The zero-order chi connectivity index (χ0) is 21.8. The molecule has 8 heteroatoms. The Hall–Kier alpha value is -3.39. The molecule has 0 unspecified atom stereocenters. The monoisotopic (exact) mass is 424 g/mol. The van der Waals surface area contributed by atoms with Gasteiger partial charge in [-0.05, 0) is 62.3 Å². The van der Waals surface area contributed by atoms with Gasteiger partial charge in [0, 0.05) is 12.0 Å². The Bertz CT molecular complexity index is 1060. The Morgan fingerprint density at radius 1 is 1.13 bits per heavy atom. The predicted molar refractivity (Wildman–Crippen MR) is 116 cm³/mol. The first-order valence-electron chi connectivity index (χ1n) is 10.2. The van der Waals surface area contributed by atoms with E-state index in [9.17, 15) is 9.18 Å². The van der Waals surface area contributed by atoms with Crippen molar-refractivity contribution in [2.24, 2.45) is 0 Å². The number of methoxy groups -OCH3 is 2. The van der Waals surface area contributed by atoms with Crippen LogP contribution in [0, 0.1) is 5.82 Å². The lowest BCUT2D eigenvalue weighted by Crippen LogP contribution is -2.29. The van der Waals surface area contributed by atoms with E-state index in [1.165, 1.54) is 12.1 Å². The Labute approximate surface area is 180 Å². The lowest BCUT2D eigenvalue weighted by Gasteiger charge is -2.24. The number of carbonyl (C=O) groups is 1. The van der Waals surface area contributed by atoms with Gasteiger partial charge in [-0.3, -0.25) is 4.79 Å². The van der Waals surface area contributed by atoms with E-state index >= 15 is 0 Å². The summed E-state index contributed by atoms with van der Waals surface area (Å²) in [6.07, 6.45) is 3.34. The highest BCUT2D eigenvalue weighted by Crippen LogP contribution is 2.33. The van der Waals surface area contributed by atoms with Crippen molar-refractivity contribution in [1.82, 2.24) is 15.1 Å². The molecule has 2 N–H and O–H groups in total. The third kappa shape index (κ3) is 4.39. The Morgan fingerprint density at radius 2 is 1.87 bits per heavy atom. The summed E-state index contributed by atoms with van der Waals surface area (Å²) in [5.74, 6) is 0.692. The highest BCUT2D eigenvalue weighted by molar-refractivity contribution is 6.06. The molecule has 1 aromatic heterocycles. The van der Waals surface area contributed by atoms with E-state index in [2.05, 4.69) is 15.7 Å². The molecule has 31 heavy (non-hydrogen) atoms. The van der Waals surface area contributed by atoms with Crippen molar-refractivity contribution in [3.63, 3.8) is 0 Å². The maximum Gasteiger partial charge on any atom is 0.259 e. The van der Waals surface area contributed by atoms with Crippen molar-refractivity contribution in [2.45, 2.75) is 18.8 Å². The molecule has 1 saturated heterocycles. The van der Waals surface area contributed by atoms with Crippen LogP contribution >= 0.6 is 0 Å². The maximum absolute atomic E-state index is 13.4. The van der Waals surface area contributed by atoms with Gasteiger partial charge in [0.25, 0.3) is 5.91 Å². The quantitative estimate of drug-likeness (QED) is 0.630. The highest BCUT2D eigenvalue weighted by atomic mass is 19.1. The molecule has 1 amide bonds. The molecule has 1 aliphatic heterocycles. The lowest BCUT2D eigenvalue weighted by atomic mass is 9.91. The average molecular weight is 424 g/mol. The molecule has 3 aromatic rings. The van der Waals surface area contributed by atoms with Gasteiger partial charge in [-0.1, -0.05) is 0 Å². The summed E-state index contributed by atoms with van der Waals surface area (Å²) in [6.45, 7) is 1.73. The smallest absolute Gasteiger partial charge is 0.259 e. The van der Waals surface area contributed by atoms with Crippen molar-refractivity contribution in [2.75, 3.05) is 32.6 Å². The number of amides is 1. The Balaban J connectivity index is 1.72. The Kier molecular flexibility index (Phi) is 6.18. The number of ether oxygens (including phenoxy) is 2. The van der Waals surface area contributed by atoms with Crippen LogP contribution in [0.5, 0.6) is 11.5 Å². The van der Waals surface area contributed by atoms with Gasteiger partial charge in [0.1, 0.15) is 17.3 Å². The first-order valence-corrected chi connectivity index (χ1v) is 10.2. The number of halogens is 1. The summed E-state index contributed by atoms with van der Waals surface area (Å²) in [7, 11) is 3.11. The minimum absolute atomic E-state index is 0.154. The van der Waals surface area contributed by atoms with Crippen LogP contribution in [-0.2, 0) is 0 Å². The van der Waals surface area contributed by atoms with E-state index in [0.717, 1.165) is 31.6 Å². The van der Waals surface area contributed by atoms with Crippen LogP contribution in [0.1, 0.15) is 34.8 Å². The van der Waals surface area contributed by atoms with Gasteiger partial charge < -0.3 is 20.1 Å². The number of nitrogens with one attached hydrogen (secondary N) is 2. The minimum atomic E-state index is -0.317. The van der Waals surface area contributed by atoms with Crippen molar-refractivity contribution in [3.8, 4) is 17.2 Å². The van der Waals surface area contributed by atoms with E-state index in [1.54, 1.807) is 55.4 Å². The summed E-state index contributed by atoms with van der Waals surface area (Å²) in [5.41, 5.74) is 2.54. The number of nitrogens with zero attached hydrogens (tertiary/aromatic N) is 2. The molecule has 162 valence electrons. The summed E-state index contributed by atoms with van der Waals surface area (Å²) in [5, 5.41) is 10.8. The second-order valence-electron chi connectivity index (χ2n) is 7.38. The van der Waals surface area contributed by atoms with Crippen LogP contribution in [0.25, 0.3) is 5.69 Å². The molecule has 0 saturated carbocycles. The fourth-order valence-corrected chi connectivity index (χ4v) is 3.91. The van der Waals surface area contributed by atoms with Crippen LogP contribution in [0.3, 0.4) is 0 Å². The van der Waals surface area contributed by atoms with Gasteiger partial charge >= 0.3 is 0 Å². The van der Waals surface area contributed by atoms with Gasteiger partial charge in [-0.15, -0.1) is 0 Å². The number of piperidine rings is 1. The molecular weight excluding hydrogens is 399 g/mol. The average Bonchev–Trinajstić information content (AvgIpc) is 3.25. The maximum atomic E-state index is 13.4. The first-order chi connectivity index (χ1) is 15.1. The highest BCUT2D eigenvalue weighted by Gasteiger charge is 2.27. The number of carbonyl (C=O) groups excluding carboxylic acids is 1. The second kappa shape index (κ2) is 9.18. The van der Waals surface area contributed by atoms with Gasteiger partial charge in [-0.2, -0.15) is 5.10 Å². The number of hydrogen-bond donors (Lipinski definition) is 2. The van der Waals surface area contributed by atoms with Crippen molar-refractivity contribution < 1.29 is 18.7 Å². The van der Waals surface area contributed by atoms with Crippen molar-refractivity contribution >= 4 is 11.6 Å². The number of anilines is 1. The van der Waals surface area contributed by atoms with Crippen molar-refractivity contribution in [3.05, 3.63) is 65.7 Å². The molecule has 2 heterocycles. The molecule has 2 aromatic carbocycles. The molecule has 0 aliphatic carbocycles. The standard InChI is InChI=1S/C23H25FN4O3/c1-30-18-7-8-21(31-2)20(13-18)27-23(29)19-14-26-28(17-5-3-16(24)4-6-17)22(19)15-9-11-25-12-10-15/h3-8,13-15,25H,9-12H2,1-2H3,(H,27,29). The van der Waals surface area contributed by atoms with Gasteiger partial charge in [0.15, 0.2) is 0 Å². The van der Waals surface area contributed by atoms with E-state index < -0.39 is 0 Å². The molecule has 0 spiro atoms. The van der Waals surface area contributed by atoms with Crippen molar-refractivity contribution in [1.29, 1.82) is 0 Å². The molecule has 0 radical (unpaired) electrons. The second-order valence-corrected chi connectivity index (χ2v) is 7.38. The molecule has 1 fully saturated rings. The summed E-state index contributed by atoms with van der Waals surface area (Å²) in [4.78, 5) is 13.3. The third-order valence-corrected chi connectivity index (χ3v) is 5.50. The molecule has 7 nitrogen and oxygen atoms in total. The van der Waals surface area contributed by atoms with E-state index in [4.69, 9.17) is 9.47 Å². The normalized spacial score (nSPS) is 14.3. The zero-order valence-corrected chi connectivity index (χ0v) is 17.5. The Morgan fingerprint density at radius 3 is 2.55 bits per heavy atom. The number of hydrogen-bond acceptors (Lipinski definition) is 5. The van der Waals surface area contributed by atoms with E-state index in [1.807, 2.05) is 0 Å². The van der Waals surface area contributed by atoms with Gasteiger partial charge in [0.2, 0.25) is 0 Å². The number of rotatable bonds is 6. The summed E-state index contributed by atoms with van der Waals surface area (Å²) in [6, 6.07) is 11.3.